The molecule has 0 aromatic heterocycles. The summed E-state index contributed by atoms with van der Waals surface area (Å²) in [6.07, 6.45) is 7.04. The first-order chi connectivity index (χ1) is 12.6. The zero-order valence-corrected chi connectivity index (χ0v) is 16.2. The Morgan fingerprint density at radius 2 is 1.85 bits per heavy atom. The number of benzene rings is 1. The first-order valence-electron chi connectivity index (χ1n) is 10.1. The monoisotopic (exact) mass is 356 g/mol. The molecule has 1 saturated carbocycles. The fourth-order valence-corrected chi connectivity index (χ4v) is 4.70. The minimum Gasteiger partial charge on any atom is -0.466 e. The normalized spacial score (nSPS) is 29.9. The van der Waals surface area contributed by atoms with Gasteiger partial charge >= 0.3 is 5.97 Å². The molecule has 1 heterocycles. The molecule has 4 atom stereocenters. The van der Waals surface area contributed by atoms with Gasteiger partial charge in [-0.2, -0.15) is 0 Å². The zero-order valence-electron chi connectivity index (χ0n) is 16.2. The maximum absolute atomic E-state index is 12.7. The third-order valence-electron chi connectivity index (χ3n) is 6.04. The molecule has 1 aromatic rings. The number of ether oxygens (including phenoxy) is 2. The summed E-state index contributed by atoms with van der Waals surface area (Å²) in [4.78, 5) is 12.7. The molecule has 1 saturated heterocycles. The van der Waals surface area contributed by atoms with Crippen molar-refractivity contribution in [2.24, 2.45) is 17.8 Å². The molecule has 1 aromatic carbocycles. The Bertz CT molecular complexity index is 603. The van der Waals surface area contributed by atoms with Gasteiger partial charge < -0.3 is 9.47 Å². The van der Waals surface area contributed by atoms with Gasteiger partial charge in [0.05, 0.1) is 24.7 Å². The van der Waals surface area contributed by atoms with Crippen LogP contribution in [0.5, 0.6) is 0 Å². The van der Waals surface area contributed by atoms with Crippen LogP contribution in [0.1, 0.15) is 64.0 Å². The smallest absolute Gasteiger partial charge is 0.311 e. The van der Waals surface area contributed by atoms with Crippen LogP contribution >= 0.6 is 0 Å². The van der Waals surface area contributed by atoms with E-state index in [9.17, 15) is 4.79 Å². The Morgan fingerprint density at radius 1 is 1.15 bits per heavy atom. The molecule has 26 heavy (non-hydrogen) atoms. The molecule has 0 amide bonds. The van der Waals surface area contributed by atoms with Gasteiger partial charge in [0.15, 0.2) is 0 Å². The van der Waals surface area contributed by atoms with Crippen molar-refractivity contribution in [1.82, 2.24) is 0 Å². The Hall–Kier alpha value is -1.61. The van der Waals surface area contributed by atoms with E-state index in [0.717, 1.165) is 17.6 Å². The highest BCUT2D eigenvalue weighted by molar-refractivity contribution is 5.73. The van der Waals surface area contributed by atoms with E-state index >= 15 is 0 Å². The van der Waals surface area contributed by atoms with Gasteiger partial charge in [0.2, 0.25) is 0 Å². The van der Waals surface area contributed by atoms with E-state index in [1.54, 1.807) is 0 Å². The van der Waals surface area contributed by atoms with Crippen molar-refractivity contribution in [3.05, 3.63) is 48.0 Å². The lowest BCUT2D eigenvalue weighted by Gasteiger charge is -2.45. The lowest BCUT2D eigenvalue weighted by molar-refractivity contribution is -0.175. The van der Waals surface area contributed by atoms with Gasteiger partial charge in [-0.1, -0.05) is 61.7 Å². The zero-order chi connectivity index (χ0) is 18.5. The van der Waals surface area contributed by atoms with Crippen LogP contribution in [-0.2, 0) is 14.3 Å². The maximum atomic E-state index is 12.7. The highest BCUT2D eigenvalue weighted by atomic mass is 16.5. The van der Waals surface area contributed by atoms with Crippen LogP contribution in [0, 0.1) is 17.8 Å². The highest BCUT2D eigenvalue weighted by Gasteiger charge is 2.45. The molecule has 1 aliphatic carbocycles. The Morgan fingerprint density at radius 3 is 2.46 bits per heavy atom. The van der Waals surface area contributed by atoms with Crippen molar-refractivity contribution in [3.8, 4) is 0 Å². The fraction of sp³-hybridized carbons (Fsp3) is 0.609. The molecule has 2 aliphatic rings. The molecule has 0 spiro atoms. The van der Waals surface area contributed by atoms with E-state index in [2.05, 4.69) is 25.6 Å². The van der Waals surface area contributed by atoms with Crippen LogP contribution in [0.2, 0.25) is 0 Å². The van der Waals surface area contributed by atoms with E-state index < -0.39 is 0 Å². The maximum Gasteiger partial charge on any atom is 0.311 e. The van der Waals surface area contributed by atoms with Gasteiger partial charge in [-0.15, -0.1) is 0 Å². The summed E-state index contributed by atoms with van der Waals surface area (Å²) in [5.74, 6) is 0.390. The fourth-order valence-electron chi connectivity index (χ4n) is 4.70. The molecule has 3 heteroatoms. The van der Waals surface area contributed by atoms with Crippen LogP contribution in [0.4, 0.5) is 0 Å². The van der Waals surface area contributed by atoms with E-state index in [-0.39, 0.29) is 30.0 Å². The van der Waals surface area contributed by atoms with Crippen molar-refractivity contribution in [2.75, 3.05) is 6.61 Å². The van der Waals surface area contributed by atoms with Crippen molar-refractivity contribution in [1.29, 1.82) is 0 Å². The lowest BCUT2D eigenvalue weighted by Crippen LogP contribution is -2.44. The quantitative estimate of drug-likeness (QED) is 0.518. The largest absolute Gasteiger partial charge is 0.466 e. The third kappa shape index (κ3) is 4.20. The molecular formula is C23H32O3. The van der Waals surface area contributed by atoms with Crippen molar-refractivity contribution in [2.45, 2.75) is 64.6 Å². The molecule has 0 radical (unpaired) electrons. The topological polar surface area (TPSA) is 35.5 Å². The number of carbonyl (C=O) groups is 1. The van der Waals surface area contributed by atoms with Crippen molar-refractivity contribution >= 4 is 5.97 Å². The van der Waals surface area contributed by atoms with E-state index in [4.69, 9.17) is 9.47 Å². The summed E-state index contributed by atoms with van der Waals surface area (Å²) in [5, 5.41) is 0. The molecule has 2 fully saturated rings. The minimum atomic E-state index is -0.265. The van der Waals surface area contributed by atoms with Crippen LogP contribution in [0.15, 0.2) is 42.5 Å². The average Bonchev–Trinajstić information content (AvgIpc) is 2.68. The van der Waals surface area contributed by atoms with Gasteiger partial charge in [0, 0.05) is 5.92 Å². The summed E-state index contributed by atoms with van der Waals surface area (Å²) in [5.41, 5.74) is 2.20. The number of hydrogen-bond acceptors (Lipinski definition) is 3. The van der Waals surface area contributed by atoms with Gasteiger partial charge in [-0.3, -0.25) is 4.79 Å². The van der Waals surface area contributed by atoms with Crippen LogP contribution in [0.25, 0.3) is 0 Å². The second kappa shape index (κ2) is 8.85. The molecule has 0 bridgehead atoms. The van der Waals surface area contributed by atoms with Gasteiger partial charge in [-0.25, -0.2) is 0 Å². The van der Waals surface area contributed by atoms with Gasteiger partial charge in [-0.05, 0) is 44.6 Å². The molecule has 0 unspecified atom stereocenters. The summed E-state index contributed by atoms with van der Waals surface area (Å²) in [6.45, 7) is 8.57. The van der Waals surface area contributed by atoms with Gasteiger partial charge in [0.1, 0.15) is 0 Å². The van der Waals surface area contributed by atoms with Gasteiger partial charge in [0.25, 0.3) is 0 Å². The highest BCUT2D eigenvalue weighted by Crippen LogP contribution is 2.46. The molecule has 0 N–H and O–H groups in total. The Balaban J connectivity index is 1.90. The molecule has 1 aliphatic heterocycles. The lowest BCUT2D eigenvalue weighted by atomic mass is 9.72. The van der Waals surface area contributed by atoms with E-state index in [0.29, 0.717) is 12.5 Å². The van der Waals surface area contributed by atoms with Crippen LogP contribution < -0.4 is 0 Å². The molecule has 142 valence electrons. The van der Waals surface area contributed by atoms with E-state index in [1.807, 2.05) is 25.1 Å². The summed E-state index contributed by atoms with van der Waals surface area (Å²) >= 11 is 0. The van der Waals surface area contributed by atoms with Crippen LogP contribution in [-0.4, -0.2) is 18.7 Å². The average molecular weight is 357 g/mol. The summed E-state index contributed by atoms with van der Waals surface area (Å²) in [7, 11) is 0. The Labute approximate surface area is 157 Å². The minimum absolute atomic E-state index is 0.144. The predicted molar refractivity (Wildman–Crippen MR) is 104 cm³/mol. The second-order valence-electron chi connectivity index (χ2n) is 7.88. The molecule has 3 rings (SSSR count). The molecule has 3 nitrogen and oxygen atoms in total. The number of carbonyl (C=O) groups excluding carboxylic acids is 1. The number of hydrogen-bond donors (Lipinski definition) is 0. The first-order valence-corrected chi connectivity index (χ1v) is 10.1. The SMILES string of the molecule is C=C(C)[C@@H]1C[C@@H](C(=O)OCC)[C@@H](c2ccccc2)O[C@H]1C1CCCCC1. The Kier molecular flexibility index (Phi) is 6.53. The number of esters is 1. The molecular weight excluding hydrogens is 324 g/mol. The standard InChI is InChI=1S/C23H32O3/c1-4-25-23(24)20-15-19(16(2)3)21(17-11-7-5-8-12-17)26-22(20)18-13-9-6-10-14-18/h6,9-10,13-14,17,19-22H,2,4-5,7-8,11-12,15H2,1,3H3/t19-,20+,21-,22+/m0/s1. The predicted octanol–water partition coefficient (Wildman–Crippen LogP) is 5.47. The van der Waals surface area contributed by atoms with Crippen molar-refractivity contribution < 1.29 is 14.3 Å². The number of rotatable bonds is 5. The third-order valence-corrected chi connectivity index (χ3v) is 6.04. The van der Waals surface area contributed by atoms with Crippen molar-refractivity contribution in [3.63, 3.8) is 0 Å². The van der Waals surface area contributed by atoms with E-state index in [1.165, 1.54) is 32.1 Å². The van der Waals surface area contributed by atoms with Crippen LogP contribution in [0.3, 0.4) is 0 Å². The second-order valence-corrected chi connectivity index (χ2v) is 7.88. The summed E-state index contributed by atoms with van der Waals surface area (Å²) in [6, 6.07) is 10.2. The summed E-state index contributed by atoms with van der Waals surface area (Å²) < 4.78 is 12.1. The first kappa shape index (κ1) is 19.2.